The molecule has 0 amide bonds. The molecule has 0 aromatic heterocycles. The molecule has 0 unspecified atom stereocenters. The lowest BCUT2D eigenvalue weighted by atomic mass is 10.1. The molecule has 0 nitrogen and oxygen atoms in total. The molecule has 69 valence electrons. The molecule has 0 aliphatic carbocycles. The number of hydrogen-bond donors (Lipinski definition) is 0. The van der Waals surface area contributed by atoms with Gasteiger partial charge >= 0.3 is 23.1 Å². The molecule has 0 atom stereocenters. The summed E-state index contributed by atoms with van der Waals surface area (Å²) in [6.07, 6.45) is 12.5. The Morgan fingerprint density at radius 2 is 1.33 bits per heavy atom. The van der Waals surface area contributed by atoms with Crippen molar-refractivity contribution in [1.82, 2.24) is 0 Å². The van der Waals surface area contributed by atoms with E-state index in [9.17, 15) is 0 Å². The lowest BCUT2D eigenvalue weighted by Gasteiger charge is -1.98. The molecule has 0 saturated carbocycles. The predicted octanol–water partition coefficient (Wildman–Crippen LogP) is 3.21. The van der Waals surface area contributed by atoms with Gasteiger partial charge in [-0.05, 0) is 12.8 Å². The fourth-order valence-electron chi connectivity index (χ4n) is 1.17. The molecule has 12 heavy (non-hydrogen) atoms. The minimum Gasteiger partial charge on any atom is -0.103 e. The predicted molar refractivity (Wildman–Crippen MR) is 61.0 cm³/mol. The zero-order valence-electron chi connectivity index (χ0n) is 7.65. The third-order valence-corrected chi connectivity index (χ3v) is 1.91. The van der Waals surface area contributed by atoms with Gasteiger partial charge in [0.15, 0.2) is 0 Å². The highest BCUT2D eigenvalue weighted by molar-refractivity contribution is 5.75. The first-order chi connectivity index (χ1) is 5.41. The Kier molecular flexibility index (Phi) is 17.6. The van der Waals surface area contributed by atoms with Crippen molar-refractivity contribution in [2.45, 2.75) is 51.4 Å². The van der Waals surface area contributed by atoms with Crippen LogP contribution in [0.5, 0.6) is 0 Å². The number of allylic oxidation sites excluding steroid dienone is 1. The second-order valence-corrected chi connectivity index (χ2v) is 3.05. The monoisotopic (exact) mass is 179 g/mol. The highest BCUT2D eigenvalue weighted by atomic mass is 24.3. The van der Waals surface area contributed by atoms with Crippen LogP contribution in [0.2, 0.25) is 0 Å². The number of rotatable bonds is 8. The van der Waals surface area contributed by atoms with E-state index in [4.69, 9.17) is 0 Å². The molecule has 1 radical (unpaired) electrons. The summed E-state index contributed by atoms with van der Waals surface area (Å²) in [7, 11) is 0. The van der Waals surface area contributed by atoms with Gasteiger partial charge < -0.3 is 0 Å². The first-order valence-corrected chi connectivity index (χ1v) is 4.82. The minimum absolute atomic E-state index is 0. The van der Waals surface area contributed by atoms with Gasteiger partial charge in [-0.25, -0.2) is 0 Å². The fourth-order valence-corrected chi connectivity index (χ4v) is 1.17. The van der Waals surface area contributed by atoms with Crippen molar-refractivity contribution in [2.24, 2.45) is 0 Å². The maximum absolute atomic E-state index is 3.82. The van der Waals surface area contributed by atoms with E-state index in [1.807, 2.05) is 6.08 Å². The summed E-state index contributed by atoms with van der Waals surface area (Å²) in [6, 6.07) is 0. The molecule has 0 aliphatic rings. The summed E-state index contributed by atoms with van der Waals surface area (Å²) in [5.41, 5.74) is 0. The van der Waals surface area contributed by atoms with Crippen LogP contribution in [0.4, 0.5) is 0 Å². The second kappa shape index (κ2) is 14.1. The summed E-state index contributed by atoms with van der Waals surface area (Å²) in [5.74, 6) is 0. The zero-order valence-corrected chi connectivity index (χ0v) is 7.65. The summed E-state index contributed by atoms with van der Waals surface area (Å²) < 4.78 is 0. The van der Waals surface area contributed by atoms with Crippen molar-refractivity contribution in [2.75, 3.05) is 0 Å². The van der Waals surface area contributed by atoms with Gasteiger partial charge in [0.05, 0.1) is 0 Å². The molecule has 0 saturated heterocycles. The van der Waals surface area contributed by atoms with Gasteiger partial charge in [-0.15, -0.1) is 6.58 Å². The lowest BCUT2D eigenvalue weighted by Crippen LogP contribution is -1.78. The summed E-state index contributed by atoms with van der Waals surface area (Å²) in [5, 5.41) is 0. The molecule has 0 heterocycles. The Balaban J connectivity index is 0. The van der Waals surface area contributed by atoms with Crippen LogP contribution < -0.4 is 0 Å². The quantitative estimate of drug-likeness (QED) is 0.305. The Morgan fingerprint density at radius 3 is 1.83 bits per heavy atom. The van der Waals surface area contributed by atoms with Gasteiger partial charge in [0.25, 0.3) is 0 Å². The normalized spacial score (nSPS) is 9.08. The van der Waals surface area contributed by atoms with Crippen molar-refractivity contribution in [1.29, 1.82) is 0 Å². The third kappa shape index (κ3) is 13.1. The van der Waals surface area contributed by atoms with Crippen LogP contribution in [0.1, 0.15) is 51.4 Å². The molecular weight excluding hydrogens is 156 g/mol. The Hall–Kier alpha value is 0.506. The van der Waals surface area contributed by atoms with E-state index in [1.54, 1.807) is 0 Å². The Bertz CT molecular complexity index is 79.1. The van der Waals surface area contributed by atoms with Crippen LogP contribution in [0, 0.1) is 6.92 Å². The summed E-state index contributed by atoms with van der Waals surface area (Å²) in [6.45, 7) is 7.52. The molecule has 0 spiro atoms. The zero-order chi connectivity index (χ0) is 8.36. The van der Waals surface area contributed by atoms with Gasteiger partial charge in [-0.2, -0.15) is 0 Å². The average Bonchev–Trinajstić information content (AvgIpc) is 2.03. The van der Waals surface area contributed by atoms with Gasteiger partial charge in [-0.1, -0.05) is 51.5 Å². The van der Waals surface area contributed by atoms with Crippen molar-refractivity contribution >= 4 is 23.1 Å². The maximum atomic E-state index is 3.82. The molecule has 0 fully saturated rings. The second-order valence-electron chi connectivity index (χ2n) is 3.05. The molecule has 0 bridgehead atoms. The number of hydrogen-bond acceptors (Lipinski definition) is 0. The van der Waals surface area contributed by atoms with Crippen molar-refractivity contribution < 1.29 is 0 Å². The van der Waals surface area contributed by atoms with Gasteiger partial charge in [0.1, 0.15) is 0 Å². The molecule has 0 N–H and O–H groups in total. The van der Waals surface area contributed by atoms with E-state index in [0.29, 0.717) is 0 Å². The first-order valence-electron chi connectivity index (χ1n) is 4.82. The van der Waals surface area contributed by atoms with E-state index in [1.165, 1.54) is 44.9 Å². The topological polar surface area (TPSA) is 0 Å². The van der Waals surface area contributed by atoms with Crippen LogP contribution in [0.25, 0.3) is 0 Å². The van der Waals surface area contributed by atoms with E-state index >= 15 is 0 Å². The highest BCUT2D eigenvalue weighted by Crippen LogP contribution is 2.07. The van der Waals surface area contributed by atoms with Gasteiger partial charge in [-0.3, -0.25) is 0 Å². The van der Waals surface area contributed by atoms with Crippen LogP contribution in [-0.2, 0) is 0 Å². The maximum Gasteiger partial charge on any atom is 0.316 e. The van der Waals surface area contributed by atoms with E-state index in [0.717, 1.165) is 6.42 Å². The standard InChI is InChI=1S/C11H21.Mg.2H/c1-3-5-7-9-11-10-8-6-4-2;;;/h3H,1-2,4-11H2;;;. The van der Waals surface area contributed by atoms with Crippen LogP contribution in [-0.4, -0.2) is 23.1 Å². The molecule has 0 aliphatic heterocycles. The largest absolute Gasteiger partial charge is 0.316 e. The van der Waals surface area contributed by atoms with Gasteiger partial charge in [0, 0.05) is 0 Å². The van der Waals surface area contributed by atoms with E-state index in [-0.39, 0.29) is 23.1 Å². The van der Waals surface area contributed by atoms with Gasteiger partial charge in [0.2, 0.25) is 0 Å². The van der Waals surface area contributed by atoms with Crippen molar-refractivity contribution in [3.63, 3.8) is 0 Å². The third-order valence-electron chi connectivity index (χ3n) is 1.91. The molecule has 1 heteroatoms. The van der Waals surface area contributed by atoms with Crippen molar-refractivity contribution in [3.05, 3.63) is 19.6 Å². The molecular formula is C11H23Mg. The van der Waals surface area contributed by atoms with Crippen LogP contribution >= 0.6 is 0 Å². The number of unbranched alkanes of at least 4 members (excludes halogenated alkanes) is 7. The SMILES string of the molecule is [CH2]CCCCCCCCC=C.[MgH2]. The lowest BCUT2D eigenvalue weighted by molar-refractivity contribution is 0.600. The van der Waals surface area contributed by atoms with E-state index in [2.05, 4.69) is 13.5 Å². The smallest absolute Gasteiger partial charge is 0.103 e. The summed E-state index contributed by atoms with van der Waals surface area (Å²) in [4.78, 5) is 0. The highest BCUT2D eigenvalue weighted by Gasteiger charge is 1.88. The Morgan fingerprint density at radius 1 is 0.833 bits per heavy atom. The molecule has 0 aromatic carbocycles. The fraction of sp³-hybridized carbons (Fsp3) is 0.727. The van der Waals surface area contributed by atoms with Crippen LogP contribution in [0.3, 0.4) is 0 Å². The average molecular weight is 180 g/mol. The Labute approximate surface area is 94.0 Å². The first kappa shape index (κ1) is 15.0. The van der Waals surface area contributed by atoms with Crippen molar-refractivity contribution in [3.8, 4) is 0 Å². The summed E-state index contributed by atoms with van der Waals surface area (Å²) >= 11 is 0. The van der Waals surface area contributed by atoms with E-state index < -0.39 is 0 Å². The van der Waals surface area contributed by atoms with Crippen LogP contribution in [0.15, 0.2) is 12.7 Å². The molecule has 0 aromatic rings. The minimum atomic E-state index is 0. The molecule has 0 rings (SSSR count).